The van der Waals surface area contributed by atoms with Crippen molar-refractivity contribution in [2.24, 2.45) is 0 Å². The minimum atomic E-state index is -4.39. The Morgan fingerprint density at radius 1 is 0.960 bits per heavy atom. The van der Waals surface area contributed by atoms with Crippen LogP contribution in [-0.2, 0) is 6.18 Å². The molecule has 0 aliphatic rings. The Hall–Kier alpha value is -2.89. The molecular formula is C19H15F3N2O. The van der Waals surface area contributed by atoms with Gasteiger partial charge in [0.1, 0.15) is 0 Å². The van der Waals surface area contributed by atoms with Gasteiger partial charge in [0.05, 0.1) is 11.3 Å². The first-order chi connectivity index (χ1) is 11.8. The van der Waals surface area contributed by atoms with Crippen LogP contribution in [0.25, 0.3) is 22.5 Å². The van der Waals surface area contributed by atoms with E-state index < -0.39 is 11.7 Å². The molecule has 0 fully saturated rings. The molecule has 6 heteroatoms. The number of nitrogens with one attached hydrogen (secondary N) is 1. The fourth-order valence-corrected chi connectivity index (χ4v) is 2.88. The first kappa shape index (κ1) is 17.0. The lowest BCUT2D eigenvalue weighted by Crippen LogP contribution is -2.04. The van der Waals surface area contributed by atoms with Crippen molar-refractivity contribution in [2.75, 3.05) is 0 Å². The molecule has 0 atom stereocenters. The van der Waals surface area contributed by atoms with Crippen molar-refractivity contribution < 1.29 is 18.0 Å². The molecule has 0 aliphatic heterocycles. The number of aromatic nitrogens is 2. The number of hydrogen-bond donors (Lipinski definition) is 1. The van der Waals surface area contributed by atoms with E-state index >= 15 is 0 Å². The molecule has 0 bridgehead atoms. The summed E-state index contributed by atoms with van der Waals surface area (Å²) in [6.45, 7) is 3.26. The maximum atomic E-state index is 12.8. The molecule has 1 aromatic carbocycles. The summed E-state index contributed by atoms with van der Waals surface area (Å²) in [7, 11) is 0. The van der Waals surface area contributed by atoms with Gasteiger partial charge in [-0.1, -0.05) is 12.1 Å². The molecule has 3 aromatic rings. The highest BCUT2D eigenvalue weighted by atomic mass is 19.4. The second-order valence-electron chi connectivity index (χ2n) is 5.74. The standard InChI is InChI=1S/C19H15F3N2O/c1-11-16(12(2)25)18(24-17(11)14-7-9-23-10-8-14)13-3-5-15(6-4-13)19(20,21)22/h3-10,24H,1-2H3. The van der Waals surface area contributed by atoms with Crippen LogP contribution in [0.2, 0.25) is 0 Å². The number of aromatic amines is 1. The number of benzene rings is 1. The molecule has 128 valence electrons. The largest absolute Gasteiger partial charge is 0.416 e. The van der Waals surface area contributed by atoms with E-state index in [1.807, 2.05) is 6.92 Å². The van der Waals surface area contributed by atoms with Crippen molar-refractivity contribution in [3.8, 4) is 22.5 Å². The second-order valence-corrected chi connectivity index (χ2v) is 5.74. The summed E-state index contributed by atoms with van der Waals surface area (Å²) in [5.74, 6) is -0.149. The number of carbonyl (C=O) groups is 1. The number of pyridine rings is 1. The van der Waals surface area contributed by atoms with E-state index in [-0.39, 0.29) is 5.78 Å². The van der Waals surface area contributed by atoms with Crippen LogP contribution in [0.5, 0.6) is 0 Å². The molecule has 3 nitrogen and oxygen atoms in total. The van der Waals surface area contributed by atoms with Gasteiger partial charge in [-0.05, 0) is 49.2 Å². The van der Waals surface area contributed by atoms with E-state index in [1.165, 1.54) is 19.1 Å². The third kappa shape index (κ3) is 3.20. The molecule has 0 aliphatic carbocycles. The molecule has 2 aromatic heterocycles. The summed E-state index contributed by atoms with van der Waals surface area (Å²) in [6.07, 6.45) is -1.11. The Kier molecular flexibility index (Phi) is 4.20. The van der Waals surface area contributed by atoms with Crippen LogP contribution in [-0.4, -0.2) is 15.8 Å². The normalized spacial score (nSPS) is 11.6. The van der Waals surface area contributed by atoms with Gasteiger partial charge in [-0.25, -0.2) is 0 Å². The number of hydrogen-bond acceptors (Lipinski definition) is 2. The third-order valence-electron chi connectivity index (χ3n) is 4.07. The van der Waals surface area contributed by atoms with Crippen molar-refractivity contribution in [1.82, 2.24) is 9.97 Å². The minimum absolute atomic E-state index is 0.149. The van der Waals surface area contributed by atoms with Crippen molar-refractivity contribution >= 4 is 5.78 Å². The summed E-state index contributed by atoms with van der Waals surface area (Å²) in [5, 5.41) is 0. The highest BCUT2D eigenvalue weighted by Crippen LogP contribution is 2.35. The summed E-state index contributed by atoms with van der Waals surface area (Å²) >= 11 is 0. The van der Waals surface area contributed by atoms with Crippen LogP contribution in [0, 0.1) is 6.92 Å². The van der Waals surface area contributed by atoms with E-state index in [0.29, 0.717) is 16.8 Å². The predicted octanol–water partition coefficient (Wildman–Crippen LogP) is 5.27. The maximum Gasteiger partial charge on any atom is 0.416 e. The zero-order valence-corrected chi connectivity index (χ0v) is 13.6. The Morgan fingerprint density at radius 3 is 2.04 bits per heavy atom. The number of ketones is 1. The molecule has 1 N–H and O–H groups in total. The van der Waals surface area contributed by atoms with Gasteiger partial charge in [0.15, 0.2) is 5.78 Å². The topological polar surface area (TPSA) is 45.8 Å². The third-order valence-corrected chi connectivity index (χ3v) is 4.07. The van der Waals surface area contributed by atoms with Gasteiger partial charge in [-0.2, -0.15) is 13.2 Å². The first-order valence-corrected chi connectivity index (χ1v) is 7.60. The van der Waals surface area contributed by atoms with Crippen molar-refractivity contribution in [1.29, 1.82) is 0 Å². The van der Waals surface area contributed by atoms with Crippen molar-refractivity contribution in [2.45, 2.75) is 20.0 Å². The van der Waals surface area contributed by atoms with E-state index in [1.54, 1.807) is 24.5 Å². The van der Waals surface area contributed by atoms with E-state index in [0.717, 1.165) is 29.0 Å². The maximum absolute atomic E-state index is 12.8. The predicted molar refractivity (Wildman–Crippen MR) is 89.2 cm³/mol. The van der Waals surface area contributed by atoms with Crippen molar-refractivity contribution in [3.63, 3.8) is 0 Å². The molecule has 0 unspecified atom stereocenters. The monoisotopic (exact) mass is 344 g/mol. The molecule has 0 amide bonds. The molecule has 0 spiro atoms. The van der Waals surface area contributed by atoms with Gasteiger partial charge in [0.25, 0.3) is 0 Å². The minimum Gasteiger partial charge on any atom is -0.354 e. The Labute approximate surface area is 142 Å². The van der Waals surface area contributed by atoms with Gasteiger partial charge in [-0.15, -0.1) is 0 Å². The molecule has 0 radical (unpaired) electrons. The molecule has 0 saturated heterocycles. The lowest BCUT2D eigenvalue weighted by molar-refractivity contribution is -0.137. The molecular weight excluding hydrogens is 329 g/mol. The number of H-pyrrole nitrogens is 1. The van der Waals surface area contributed by atoms with Crippen LogP contribution in [0.3, 0.4) is 0 Å². The fraction of sp³-hybridized carbons (Fsp3) is 0.158. The fourth-order valence-electron chi connectivity index (χ4n) is 2.88. The van der Waals surface area contributed by atoms with Gasteiger partial charge >= 0.3 is 6.18 Å². The quantitative estimate of drug-likeness (QED) is 0.658. The van der Waals surface area contributed by atoms with E-state index in [9.17, 15) is 18.0 Å². The van der Waals surface area contributed by atoms with E-state index in [2.05, 4.69) is 9.97 Å². The number of carbonyl (C=O) groups excluding carboxylic acids is 1. The zero-order chi connectivity index (χ0) is 18.2. The number of Topliss-reactive ketones (excluding diaryl/α,β-unsaturated/α-hetero) is 1. The average molecular weight is 344 g/mol. The van der Waals surface area contributed by atoms with Crippen LogP contribution in [0.4, 0.5) is 13.2 Å². The SMILES string of the molecule is CC(=O)c1c(-c2ccc(C(F)(F)F)cc2)[nH]c(-c2ccncc2)c1C. The molecule has 25 heavy (non-hydrogen) atoms. The summed E-state index contributed by atoms with van der Waals surface area (Å²) in [6, 6.07) is 8.38. The van der Waals surface area contributed by atoms with Gasteiger partial charge < -0.3 is 4.98 Å². The molecule has 0 saturated carbocycles. The Morgan fingerprint density at radius 2 is 1.52 bits per heavy atom. The van der Waals surface area contributed by atoms with Crippen LogP contribution >= 0.6 is 0 Å². The highest BCUT2D eigenvalue weighted by molar-refractivity contribution is 6.03. The molecule has 2 heterocycles. The van der Waals surface area contributed by atoms with Crippen LogP contribution in [0.1, 0.15) is 28.4 Å². The number of alkyl halides is 3. The number of halogens is 3. The zero-order valence-electron chi connectivity index (χ0n) is 13.6. The molecule has 3 rings (SSSR count). The Balaban J connectivity index is 2.14. The average Bonchev–Trinajstić information content (AvgIpc) is 2.92. The number of nitrogens with zero attached hydrogens (tertiary/aromatic N) is 1. The smallest absolute Gasteiger partial charge is 0.354 e. The van der Waals surface area contributed by atoms with Crippen molar-refractivity contribution in [3.05, 3.63) is 65.5 Å². The van der Waals surface area contributed by atoms with Crippen LogP contribution < -0.4 is 0 Å². The second kappa shape index (κ2) is 6.20. The highest BCUT2D eigenvalue weighted by Gasteiger charge is 2.30. The summed E-state index contributed by atoms with van der Waals surface area (Å²) in [4.78, 5) is 19.3. The number of rotatable bonds is 3. The van der Waals surface area contributed by atoms with Gasteiger partial charge in [0, 0.05) is 29.2 Å². The van der Waals surface area contributed by atoms with Crippen LogP contribution in [0.15, 0.2) is 48.8 Å². The lowest BCUT2D eigenvalue weighted by atomic mass is 9.99. The summed E-state index contributed by atoms with van der Waals surface area (Å²) < 4.78 is 38.3. The van der Waals surface area contributed by atoms with E-state index in [4.69, 9.17) is 0 Å². The first-order valence-electron chi connectivity index (χ1n) is 7.60. The van der Waals surface area contributed by atoms with Gasteiger partial charge in [-0.3, -0.25) is 9.78 Å². The lowest BCUT2D eigenvalue weighted by Gasteiger charge is -2.08. The summed E-state index contributed by atoms with van der Waals surface area (Å²) in [5.41, 5.74) is 3.17. The Bertz CT molecular complexity index is 910. The van der Waals surface area contributed by atoms with Gasteiger partial charge in [0.2, 0.25) is 0 Å².